The summed E-state index contributed by atoms with van der Waals surface area (Å²) in [4.78, 5) is 22.5. The van der Waals surface area contributed by atoms with Gasteiger partial charge in [0.05, 0.1) is 29.8 Å². The fourth-order valence-electron chi connectivity index (χ4n) is 3.82. The Kier molecular flexibility index (Phi) is 9.59. The van der Waals surface area contributed by atoms with E-state index in [1.807, 2.05) is 88.9 Å². The van der Waals surface area contributed by atoms with Crippen LogP contribution in [0.15, 0.2) is 42.5 Å². The van der Waals surface area contributed by atoms with E-state index in [0.29, 0.717) is 36.0 Å². The van der Waals surface area contributed by atoms with Crippen molar-refractivity contribution in [1.29, 1.82) is 10.5 Å². The summed E-state index contributed by atoms with van der Waals surface area (Å²) in [6.07, 6.45) is 0.225. The van der Waals surface area contributed by atoms with E-state index in [4.69, 9.17) is 10.5 Å². The quantitative estimate of drug-likeness (QED) is 0.507. The van der Waals surface area contributed by atoms with E-state index < -0.39 is 0 Å². The van der Waals surface area contributed by atoms with Crippen molar-refractivity contribution in [2.24, 2.45) is 0 Å². The van der Waals surface area contributed by atoms with Gasteiger partial charge in [-0.1, -0.05) is 45.9 Å². The van der Waals surface area contributed by atoms with Crippen LogP contribution in [0.1, 0.15) is 73.6 Å². The second-order valence-corrected chi connectivity index (χ2v) is 7.66. The fraction of sp³-hybridized carbons (Fsp3) is 0.357. The van der Waals surface area contributed by atoms with Crippen LogP contribution in [0.3, 0.4) is 0 Å². The molecule has 1 amide bonds. The second-order valence-electron chi connectivity index (χ2n) is 7.66. The van der Waals surface area contributed by atoms with Crippen molar-refractivity contribution in [3.8, 4) is 23.4 Å². The van der Waals surface area contributed by atoms with Crippen LogP contribution in [-0.4, -0.2) is 33.9 Å². The van der Waals surface area contributed by atoms with Crippen LogP contribution in [-0.2, 0) is 6.42 Å². The molecule has 1 N–H and O–H groups in total. The molecular formula is C28H35N5O. The molecule has 0 saturated carbocycles. The summed E-state index contributed by atoms with van der Waals surface area (Å²) in [5, 5.41) is 17.8. The predicted molar refractivity (Wildman–Crippen MR) is 137 cm³/mol. The van der Waals surface area contributed by atoms with Gasteiger partial charge in [0.2, 0.25) is 0 Å². The smallest absolute Gasteiger partial charge is 0.253 e. The average molecular weight is 458 g/mol. The van der Waals surface area contributed by atoms with E-state index in [9.17, 15) is 4.79 Å². The molecule has 0 aliphatic carbocycles. The maximum absolute atomic E-state index is 13.0. The third-order valence-electron chi connectivity index (χ3n) is 5.60. The molecule has 1 fully saturated rings. The number of carbonyl (C=O) groups is 1. The number of H-pyrrole nitrogens is 1. The molecule has 2 heterocycles. The number of nitrogens with one attached hydrogen (secondary N) is 1. The topological polar surface area (TPSA) is 96.6 Å². The molecule has 0 bridgehead atoms. The van der Waals surface area contributed by atoms with Gasteiger partial charge in [-0.25, -0.2) is 4.98 Å². The minimum absolute atomic E-state index is 0. The van der Waals surface area contributed by atoms with Gasteiger partial charge in [-0.3, -0.25) is 4.79 Å². The highest BCUT2D eigenvalue weighted by molar-refractivity contribution is 5.96. The monoisotopic (exact) mass is 457 g/mol. The molecule has 4 rings (SSSR count). The van der Waals surface area contributed by atoms with Crippen molar-refractivity contribution in [3.63, 3.8) is 0 Å². The van der Waals surface area contributed by atoms with Crippen molar-refractivity contribution < 1.29 is 6.22 Å². The molecule has 1 aliphatic heterocycles. The summed E-state index contributed by atoms with van der Waals surface area (Å²) in [6, 6.07) is 17.5. The lowest BCUT2D eigenvalue weighted by atomic mass is 9.90. The number of likely N-dealkylation sites (tertiary alicyclic amines) is 1. The summed E-state index contributed by atoms with van der Waals surface area (Å²) in [6.45, 7) is 13.3. The summed E-state index contributed by atoms with van der Waals surface area (Å²) >= 11 is 0. The number of benzene rings is 2. The Morgan fingerprint density at radius 3 is 2.32 bits per heavy atom. The fourth-order valence-corrected chi connectivity index (χ4v) is 3.82. The van der Waals surface area contributed by atoms with Gasteiger partial charge >= 0.3 is 0 Å². The van der Waals surface area contributed by atoms with Gasteiger partial charge in [0.25, 0.3) is 5.91 Å². The van der Waals surface area contributed by atoms with Crippen LogP contribution in [0.4, 0.5) is 0 Å². The molecule has 1 aromatic heterocycles. The number of hydrogen-bond donors (Lipinski definition) is 1. The third-order valence-corrected chi connectivity index (χ3v) is 5.60. The zero-order chi connectivity index (χ0) is 25.3. The summed E-state index contributed by atoms with van der Waals surface area (Å²) in [5.41, 5.74) is 6.04. The van der Waals surface area contributed by atoms with Crippen molar-refractivity contribution >= 4 is 5.91 Å². The Bertz CT molecular complexity index is 1200. The lowest BCUT2D eigenvalue weighted by Gasteiger charge is -2.39. The number of carbonyl (C=O) groups excluding carboxylic acids is 1. The number of hydrogen-bond acceptors (Lipinski definition) is 4. The molecule has 6 heteroatoms. The molecule has 34 heavy (non-hydrogen) atoms. The molecule has 3 aromatic rings. The van der Waals surface area contributed by atoms with Gasteiger partial charge in [0.1, 0.15) is 5.82 Å². The largest absolute Gasteiger partial charge is 0.345 e. The van der Waals surface area contributed by atoms with E-state index in [1.165, 1.54) is 0 Å². The van der Waals surface area contributed by atoms with E-state index in [2.05, 4.69) is 22.1 Å². The van der Waals surface area contributed by atoms with Gasteiger partial charge in [-0.2, -0.15) is 10.5 Å². The molecule has 6 nitrogen and oxygen atoms in total. The molecule has 1 saturated heterocycles. The number of aryl methyl sites for hydroxylation is 2. The first-order chi connectivity index (χ1) is 16.5. The molecule has 0 radical (unpaired) electrons. The minimum atomic E-state index is 0. The molecule has 1 aliphatic rings. The van der Waals surface area contributed by atoms with Crippen LogP contribution >= 0.6 is 0 Å². The van der Waals surface area contributed by atoms with Crippen LogP contribution in [0.2, 0.25) is 0 Å². The van der Waals surface area contributed by atoms with Gasteiger partial charge in [0.15, 0.2) is 0 Å². The van der Waals surface area contributed by atoms with Crippen molar-refractivity contribution in [2.45, 2.75) is 53.9 Å². The first-order valence-corrected chi connectivity index (χ1v) is 11.8. The molecule has 178 valence electrons. The van der Waals surface area contributed by atoms with Gasteiger partial charge < -0.3 is 9.88 Å². The molecule has 0 unspecified atom stereocenters. The molecule has 0 atom stereocenters. The Morgan fingerprint density at radius 2 is 1.74 bits per heavy atom. The van der Waals surface area contributed by atoms with E-state index in [1.54, 1.807) is 0 Å². The van der Waals surface area contributed by atoms with Gasteiger partial charge in [-0.15, -0.1) is 0 Å². The number of imidazole rings is 1. The zero-order valence-electron chi connectivity index (χ0n) is 20.9. The summed E-state index contributed by atoms with van der Waals surface area (Å²) < 4.78 is 0. The van der Waals surface area contributed by atoms with Crippen LogP contribution in [0.5, 0.6) is 0 Å². The highest BCUT2D eigenvalue weighted by atomic mass is 16.2. The third kappa shape index (κ3) is 5.71. The molecular weight excluding hydrogens is 422 g/mol. The first kappa shape index (κ1) is 26.4. The molecule has 0 spiro atoms. The van der Waals surface area contributed by atoms with Crippen LogP contribution in [0.25, 0.3) is 11.3 Å². The predicted octanol–water partition coefficient (Wildman–Crippen LogP) is 6.17. The number of nitrogens with zero attached hydrogens (tertiary/aromatic N) is 4. The Balaban J connectivity index is 0.00000117. The Labute approximate surface area is 204 Å². The minimum Gasteiger partial charge on any atom is -0.345 e. The lowest BCUT2D eigenvalue weighted by molar-refractivity contribution is 0.0602. The van der Waals surface area contributed by atoms with E-state index in [-0.39, 0.29) is 13.8 Å². The maximum Gasteiger partial charge on any atom is 0.253 e. The van der Waals surface area contributed by atoms with Crippen LogP contribution < -0.4 is 0 Å². The highest BCUT2D eigenvalue weighted by Crippen LogP contribution is 2.31. The lowest BCUT2D eigenvalue weighted by Crippen LogP contribution is -2.48. The number of nitriles is 2. The van der Waals surface area contributed by atoms with E-state index in [0.717, 1.165) is 28.1 Å². The van der Waals surface area contributed by atoms with Crippen molar-refractivity contribution in [3.05, 3.63) is 76.2 Å². The highest BCUT2D eigenvalue weighted by Gasteiger charge is 2.32. The number of aromatic nitrogens is 2. The molecule has 2 aromatic carbocycles. The average Bonchev–Trinajstić information content (AvgIpc) is 3.21. The van der Waals surface area contributed by atoms with Crippen molar-refractivity contribution in [1.82, 2.24) is 14.9 Å². The second kappa shape index (κ2) is 12.4. The maximum atomic E-state index is 13.0. The number of amides is 1. The zero-order valence-corrected chi connectivity index (χ0v) is 20.9. The Hall–Kier alpha value is -3.90. The standard InChI is InChI=1S/C24H21N5O.2C2H6.H2/c1-15-3-6-19(11-21(15)23-16(2)27-22(28-23)9-10-25)24(30)29-13-20(14-29)18-7-4-17(12-26)5-8-18;2*1-2;/h3-8,11,20H,9,13-14H2,1-2H3,(H,27,28);2*1-2H3;1H. The van der Waals surface area contributed by atoms with Crippen LogP contribution in [0, 0.1) is 36.5 Å². The SMILES string of the molecule is CC.CC.Cc1ccc(C(=O)N2CC(c3ccc(C#N)cc3)C2)cc1-c1nc(CC#N)[nH]c1C.[HH]. The number of aromatic amines is 1. The summed E-state index contributed by atoms with van der Waals surface area (Å²) in [5.74, 6) is 0.939. The van der Waals surface area contributed by atoms with E-state index >= 15 is 0 Å². The first-order valence-electron chi connectivity index (χ1n) is 11.8. The normalized spacial score (nSPS) is 12.2. The van der Waals surface area contributed by atoms with Gasteiger partial charge in [0, 0.05) is 37.3 Å². The van der Waals surface area contributed by atoms with Crippen molar-refractivity contribution in [2.75, 3.05) is 13.1 Å². The van der Waals surface area contributed by atoms with Gasteiger partial charge in [-0.05, 0) is 49.2 Å². The number of rotatable bonds is 4. The Morgan fingerprint density at radius 1 is 1.09 bits per heavy atom. The summed E-state index contributed by atoms with van der Waals surface area (Å²) in [7, 11) is 0.